The lowest BCUT2D eigenvalue weighted by atomic mass is 9.70. The average molecular weight is 416 g/mol. The summed E-state index contributed by atoms with van der Waals surface area (Å²) in [6, 6.07) is 6.95. The van der Waals surface area contributed by atoms with Gasteiger partial charge in [0.1, 0.15) is 0 Å². The van der Waals surface area contributed by atoms with Crippen LogP contribution in [0.4, 0.5) is 0 Å². The fourth-order valence-corrected chi connectivity index (χ4v) is 5.56. The van der Waals surface area contributed by atoms with Gasteiger partial charge in [-0.3, -0.25) is 9.59 Å². The highest BCUT2D eigenvalue weighted by Crippen LogP contribution is 2.63. The molecule has 4 rings (SSSR count). The molecule has 0 aromatic heterocycles. The van der Waals surface area contributed by atoms with Crippen LogP contribution in [0.25, 0.3) is 0 Å². The predicted molar refractivity (Wildman–Crippen MR) is 115 cm³/mol. The molecule has 0 radical (unpaired) electrons. The van der Waals surface area contributed by atoms with E-state index in [1.165, 1.54) is 6.42 Å². The highest BCUT2D eigenvalue weighted by atomic mass is 35.5. The van der Waals surface area contributed by atoms with Gasteiger partial charge in [-0.05, 0) is 67.7 Å². The van der Waals surface area contributed by atoms with Crippen LogP contribution >= 0.6 is 11.6 Å². The second kappa shape index (κ2) is 7.42. The molecule has 2 aliphatic carbocycles. The summed E-state index contributed by atoms with van der Waals surface area (Å²) in [6.07, 6.45) is 4.75. The summed E-state index contributed by atoms with van der Waals surface area (Å²) in [7, 11) is 0. The molecule has 2 bridgehead atoms. The SMILES string of the molecule is CC1(C)[C@H]2CC[C@]1(C)/C(=N/NC(=O)C1CCN(C(=O)c3ccc(Cl)cc3)CC1)C2. The number of halogens is 1. The van der Waals surface area contributed by atoms with Crippen molar-refractivity contribution in [2.75, 3.05) is 13.1 Å². The molecule has 0 unspecified atom stereocenters. The van der Waals surface area contributed by atoms with E-state index < -0.39 is 0 Å². The summed E-state index contributed by atoms with van der Waals surface area (Å²) < 4.78 is 0. The number of carbonyl (C=O) groups excluding carboxylic acids is 2. The van der Waals surface area contributed by atoms with Gasteiger partial charge in [-0.2, -0.15) is 5.10 Å². The Hall–Kier alpha value is -1.88. The van der Waals surface area contributed by atoms with Crippen LogP contribution in [0.5, 0.6) is 0 Å². The molecule has 1 saturated heterocycles. The molecule has 2 atom stereocenters. The number of hydrogen-bond acceptors (Lipinski definition) is 3. The molecule has 6 heteroatoms. The Morgan fingerprint density at radius 3 is 2.31 bits per heavy atom. The number of amides is 2. The minimum Gasteiger partial charge on any atom is -0.339 e. The van der Waals surface area contributed by atoms with Gasteiger partial charge in [-0.15, -0.1) is 0 Å². The molecule has 3 fully saturated rings. The zero-order valence-electron chi connectivity index (χ0n) is 17.5. The summed E-state index contributed by atoms with van der Waals surface area (Å²) in [5.74, 6) is 0.566. The smallest absolute Gasteiger partial charge is 0.253 e. The molecule has 1 aliphatic heterocycles. The largest absolute Gasteiger partial charge is 0.339 e. The fraction of sp³-hybridized carbons (Fsp3) is 0.609. The minimum atomic E-state index is -0.0898. The Balaban J connectivity index is 1.32. The number of likely N-dealkylation sites (tertiary alicyclic amines) is 1. The third-order valence-corrected chi connectivity index (χ3v) is 8.31. The summed E-state index contributed by atoms with van der Waals surface area (Å²) in [4.78, 5) is 27.1. The lowest BCUT2D eigenvalue weighted by Gasteiger charge is -2.34. The Bertz CT molecular complexity index is 840. The van der Waals surface area contributed by atoms with Crippen LogP contribution in [0.2, 0.25) is 5.02 Å². The average Bonchev–Trinajstić information content (AvgIpc) is 3.05. The third kappa shape index (κ3) is 3.48. The van der Waals surface area contributed by atoms with Gasteiger partial charge in [0, 0.05) is 40.7 Å². The van der Waals surface area contributed by atoms with Crippen LogP contribution in [0.3, 0.4) is 0 Å². The van der Waals surface area contributed by atoms with Crippen LogP contribution in [-0.4, -0.2) is 35.5 Å². The van der Waals surface area contributed by atoms with Crippen molar-refractivity contribution in [1.29, 1.82) is 0 Å². The summed E-state index contributed by atoms with van der Waals surface area (Å²) in [6.45, 7) is 8.14. The number of piperidine rings is 1. The maximum absolute atomic E-state index is 12.7. The van der Waals surface area contributed by atoms with Gasteiger partial charge in [-0.1, -0.05) is 32.4 Å². The number of nitrogens with zero attached hydrogens (tertiary/aromatic N) is 2. The third-order valence-electron chi connectivity index (χ3n) is 8.06. The van der Waals surface area contributed by atoms with Gasteiger partial charge in [0.15, 0.2) is 0 Å². The normalized spacial score (nSPS) is 30.0. The number of hydrogen-bond donors (Lipinski definition) is 1. The molecule has 29 heavy (non-hydrogen) atoms. The van der Waals surface area contributed by atoms with E-state index in [1.807, 2.05) is 4.90 Å². The van der Waals surface area contributed by atoms with E-state index in [4.69, 9.17) is 11.6 Å². The number of carbonyl (C=O) groups is 2. The first-order valence-electron chi connectivity index (χ1n) is 10.6. The molecule has 1 aromatic rings. The minimum absolute atomic E-state index is 0.00194. The van der Waals surface area contributed by atoms with Crippen LogP contribution in [0.15, 0.2) is 29.4 Å². The van der Waals surface area contributed by atoms with Crippen LogP contribution in [0, 0.1) is 22.7 Å². The number of hydrazone groups is 1. The highest BCUT2D eigenvalue weighted by molar-refractivity contribution is 6.30. The van der Waals surface area contributed by atoms with Crippen LogP contribution < -0.4 is 5.43 Å². The summed E-state index contributed by atoms with van der Waals surface area (Å²) >= 11 is 5.90. The molecule has 0 spiro atoms. The maximum Gasteiger partial charge on any atom is 0.253 e. The Morgan fingerprint density at radius 2 is 1.76 bits per heavy atom. The molecule has 2 amide bonds. The molecular weight excluding hydrogens is 386 g/mol. The Labute approximate surface area is 177 Å². The zero-order chi connectivity index (χ0) is 20.8. The van der Waals surface area contributed by atoms with Crippen molar-refractivity contribution in [1.82, 2.24) is 10.3 Å². The van der Waals surface area contributed by atoms with Gasteiger partial charge in [0.25, 0.3) is 5.91 Å². The van der Waals surface area contributed by atoms with Crippen molar-refractivity contribution in [2.24, 2.45) is 27.8 Å². The van der Waals surface area contributed by atoms with E-state index in [0.29, 0.717) is 42.4 Å². The number of fused-ring (bicyclic) bond motifs is 2. The maximum atomic E-state index is 12.7. The van der Waals surface area contributed by atoms with Crippen molar-refractivity contribution in [3.05, 3.63) is 34.9 Å². The van der Waals surface area contributed by atoms with Crippen molar-refractivity contribution in [3.63, 3.8) is 0 Å². The first kappa shape index (κ1) is 20.4. The Kier molecular flexibility index (Phi) is 5.22. The zero-order valence-corrected chi connectivity index (χ0v) is 18.3. The molecule has 1 N–H and O–H groups in total. The van der Waals surface area contributed by atoms with Crippen molar-refractivity contribution in [3.8, 4) is 0 Å². The predicted octanol–water partition coefficient (Wildman–Crippen LogP) is 4.51. The number of rotatable bonds is 3. The first-order valence-corrected chi connectivity index (χ1v) is 11.0. The fourth-order valence-electron chi connectivity index (χ4n) is 5.43. The van der Waals surface area contributed by atoms with E-state index in [1.54, 1.807) is 24.3 Å². The molecule has 156 valence electrons. The summed E-state index contributed by atoms with van der Waals surface area (Å²) in [5, 5.41) is 5.20. The standard InChI is InChI=1S/C23H30ClN3O2/c1-22(2)17-8-11-23(22,3)19(14-17)25-26-20(28)15-9-12-27(13-10-15)21(29)16-4-6-18(24)7-5-16/h4-7,15,17H,8-14H2,1-3H3,(H,26,28)/b25-19+/t17-,23+/m0/s1. The molecule has 1 heterocycles. The van der Waals surface area contributed by atoms with Crippen molar-refractivity contribution in [2.45, 2.75) is 52.9 Å². The number of nitrogens with one attached hydrogen (secondary N) is 1. The van der Waals surface area contributed by atoms with Gasteiger partial charge < -0.3 is 4.90 Å². The van der Waals surface area contributed by atoms with Crippen molar-refractivity contribution >= 4 is 29.1 Å². The van der Waals surface area contributed by atoms with E-state index in [0.717, 1.165) is 18.6 Å². The van der Waals surface area contributed by atoms with Crippen LogP contribution in [0.1, 0.15) is 63.2 Å². The van der Waals surface area contributed by atoms with Crippen LogP contribution in [-0.2, 0) is 4.79 Å². The molecule has 3 aliphatic rings. The highest BCUT2D eigenvalue weighted by Gasteiger charge is 2.60. The monoisotopic (exact) mass is 415 g/mol. The summed E-state index contributed by atoms with van der Waals surface area (Å²) in [5.41, 5.74) is 5.00. The second-order valence-corrected chi connectivity index (χ2v) is 10.0. The molecule has 2 saturated carbocycles. The van der Waals surface area contributed by atoms with Crippen molar-refractivity contribution < 1.29 is 9.59 Å². The second-order valence-electron chi connectivity index (χ2n) is 9.60. The van der Waals surface area contributed by atoms with E-state index in [2.05, 4.69) is 31.3 Å². The topological polar surface area (TPSA) is 61.8 Å². The van der Waals surface area contributed by atoms with Gasteiger partial charge in [0.05, 0.1) is 0 Å². The van der Waals surface area contributed by atoms with Gasteiger partial charge >= 0.3 is 0 Å². The molecule has 1 aromatic carbocycles. The van der Waals surface area contributed by atoms with E-state index >= 15 is 0 Å². The lowest BCUT2D eigenvalue weighted by Crippen LogP contribution is -2.42. The molecule has 5 nitrogen and oxygen atoms in total. The van der Waals surface area contributed by atoms with Gasteiger partial charge in [-0.25, -0.2) is 5.43 Å². The van der Waals surface area contributed by atoms with Gasteiger partial charge in [0.2, 0.25) is 5.91 Å². The molecular formula is C23H30ClN3O2. The Morgan fingerprint density at radius 1 is 1.10 bits per heavy atom. The quantitative estimate of drug-likeness (QED) is 0.738. The van der Waals surface area contributed by atoms with E-state index in [9.17, 15) is 9.59 Å². The first-order chi connectivity index (χ1) is 13.7. The number of benzene rings is 1. The lowest BCUT2D eigenvalue weighted by molar-refractivity contribution is -0.126. The van der Waals surface area contributed by atoms with E-state index in [-0.39, 0.29) is 28.6 Å².